The molecule has 0 aromatic carbocycles. The van der Waals surface area contributed by atoms with Crippen molar-refractivity contribution in [3.05, 3.63) is 0 Å². The third kappa shape index (κ3) is 7.24. The van der Waals surface area contributed by atoms with Gasteiger partial charge in [0.2, 0.25) is 5.91 Å². The van der Waals surface area contributed by atoms with Crippen LogP contribution in [0.1, 0.15) is 27.7 Å². The molecule has 0 rings (SSSR count). The largest absolute Gasteiger partial charge is 0.338 e. The van der Waals surface area contributed by atoms with E-state index in [9.17, 15) is 9.59 Å². The zero-order valence-electron chi connectivity index (χ0n) is 11.9. The minimum absolute atomic E-state index is 0.305. The van der Waals surface area contributed by atoms with E-state index in [2.05, 4.69) is 34.7 Å². The van der Waals surface area contributed by atoms with E-state index in [1.165, 1.54) is 0 Å². The number of likely N-dealkylation sites (N-methyl/N-ethyl adjacent to an activating group) is 1. The van der Waals surface area contributed by atoms with Gasteiger partial charge in [0.1, 0.15) is 0 Å². The molecular weight excluding hydrogens is 232 g/mol. The Hall–Kier alpha value is -1.14. The Morgan fingerprint density at radius 2 is 1.78 bits per heavy atom. The number of nitrogens with zero attached hydrogens (tertiary/aromatic N) is 1. The van der Waals surface area contributed by atoms with Gasteiger partial charge in [0.15, 0.2) is 0 Å². The number of urea groups is 1. The summed E-state index contributed by atoms with van der Waals surface area (Å²) in [6, 6.07) is -0.817. The highest BCUT2D eigenvalue weighted by atomic mass is 16.2. The van der Waals surface area contributed by atoms with E-state index in [0.717, 1.165) is 26.2 Å². The second-order valence-electron chi connectivity index (χ2n) is 4.05. The predicted octanol–water partition coefficient (Wildman–Crippen LogP) is 0.152. The van der Waals surface area contributed by atoms with Gasteiger partial charge >= 0.3 is 6.03 Å². The predicted molar refractivity (Wildman–Crippen MR) is 72.5 cm³/mol. The first-order valence-electron chi connectivity index (χ1n) is 6.59. The van der Waals surface area contributed by atoms with Crippen LogP contribution in [0, 0.1) is 0 Å². The highest BCUT2D eigenvalue weighted by Crippen LogP contribution is 1.87. The summed E-state index contributed by atoms with van der Waals surface area (Å²) in [7, 11) is 0. The zero-order valence-corrected chi connectivity index (χ0v) is 11.9. The molecule has 0 saturated heterocycles. The third-order valence-electron chi connectivity index (χ3n) is 2.74. The molecule has 0 fully saturated rings. The van der Waals surface area contributed by atoms with Crippen molar-refractivity contribution in [3.63, 3.8) is 0 Å². The molecule has 18 heavy (non-hydrogen) atoms. The molecule has 0 aliphatic heterocycles. The zero-order chi connectivity index (χ0) is 14.0. The van der Waals surface area contributed by atoms with Crippen LogP contribution in [0.15, 0.2) is 0 Å². The molecule has 6 nitrogen and oxygen atoms in total. The van der Waals surface area contributed by atoms with Crippen molar-refractivity contribution in [1.82, 2.24) is 20.9 Å². The third-order valence-corrected chi connectivity index (χ3v) is 2.74. The van der Waals surface area contributed by atoms with E-state index in [-0.39, 0.29) is 11.9 Å². The Morgan fingerprint density at radius 3 is 2.28 bits per heavy atom. The average molecular weight is 258 g/mol. The van der Waals surface area contributed by atoms with Crippen LogP contribution in [0.3, 0.4) is 0 Å². The van der Waals surface area contributed by atoms with Gasteiger partial charge in [-0.1, -0.05) is 13.8 Å². The van der Waals surface area contributed by atoms with E-state index in [0.29, 0.717) is 6.54 Å². The van der Waals surface area contributed by atoms with Gasteiger partial charge in [-0.2, -0.15) is 0 Å². The molecule has 3 N–H and O–H groups in total. The Labute approximate surface area is 109 Å². The molecule has 1 unspecified atom stereocenters. The SMILES string of the molecule is CCNC(=O)NC(=O)C(C)NCCN(CC)CC. The van der Waals surface area contributed by atoms with Crippen LogP contribution in [0.2, 0.25) is 0 Å². The summed E-state index contributed by atoms with van der Waals surface area (Å²) in [6.07, 6.45) is 0. The Kier molecular flexibility index (Phi) is 9.22. The number of amides is 3. The number of carbonyl (C=O) groups is 2. The first-order chi connectivity index (χ1) is 8.54. The van der Waals surface area contributed by atoms with Crippen molar-refractivity contribution in [3.8, 4) is 0 Å². The molecule has 3 amide bonds. The summed E-state index contributed by atoms with van der Waals surface area (Å²) in [4.78, 5) is 25.0. The van der Waals surface area contributed by atoms with Crippen molar-refractivity contribution in [1.29, 1.82) is 0 Å². The first kappa shape index (κ1) is 16.9. The van der Waals surface area contributed by atoms with E-state index >= 15 is 0 Å². The van der Waals surface area contributed by atoms with Gasteiger partial charge in [0, 0.05) is 19.6 Å². The minimum Gasteiger partial charge on any atom is -0.338 e. The summed E-state index contributed by atoms with van der Waals surface area (Å²) in [5, 5.41) is 7.89. The van der Waals surface area contributed by atoms with Crippen LogP contribution in [0.4, 0.5) is 4.79 Å². The van der Waals surface area contributed by atoms with Gasteiger partial charge in [0.25, 0.3) is 0 Å². The summed E-state index contributed by atoms with van der Waals surface area (Å²) < 4.78 is 0. The van der Waals surface area contributed by atoms with Crippen LogP contribution in [-0.4, -0.2) is 55.6 Å². The van der Waals surface area contributed by atoms with E-state index < -0.39 is 6.03 Å². The van der Waals surface area contributed by atoms with Gasteiger partial charge in [-0.3, -0.25) is 10.1 Å². The van der Waals surface area contributed by atoms with Crippen molar-refractivity contribution in [2.24, 2.45) is 0 Å². The topological polar surface area (TPSA) is 73.5 Å². The lowest BCUT2D eigenvalue weighted by molar-refractivity contribution is -0.121. The Morgan fingerprint density at radius 1 is 1.17 bits per heavy atom. The fraction of sp³-hybridized carbons (Fsp3) is 0.833. The summed E-state index contributed by atoms with van der Waals surface area (Å²) in [6.45, 7) is 11.9. The molecule has 0 aliphatic carbocycles. The van der Waals surface area contributed by atoms with Crippen LogP contribution < -0.4 is 16.0 Å². The molecule has 0 spiro atoms. The lowest BCUT2D eigenvalue weighted by Gasteiger charge is -2.20. The van der Waals surface area contributed by atoms with Crippen molar-refractivity contribution in [2.75, 3.05) is 32.7 Å². The lowest BCUT2D eigenvalue weighted by Crippen LogP contribution is -2.49. The van der Waals surface area contributed by atoms with Gasteiger partial charge in [-0.15, -0.1) is 0 Å². The van der Waals surface area contributed by atoms with Gasteiger partial charge in [-0.25, -0.2) is 4.79 Å². The molecule has 0 heterocycles. The van der Waals surface area contributed by atoms with Gasteiger partial charge in [0.05, 0.1) is 6.04 Å². The Balaban J connectivity index is 3.84. The van der Waals surface area contributed by atoms with Crippen molar-refractivity contribution >= 4 is 11.9 Å². The standard InChI is InChI=1S/C12H26N4O2/c1-5-13-12(18)15-11(17)10(4)14-8-9-16(6-2)7-3/h10,14H,5-9H2,1-4H3,(H2,13,15,17,18). The Bertz CT molecular complexity index is 254. The fourth-order valence-electron chi connectivity index (χ4n) is 1.50. The van der Waals surface area contributed by atoms with Gasteiger partial charge in [-0.05, 0) is 26.9 Å². The van der Waals surface area contributed by atoms with Crippen molar-refractivity contribution < 1.29 is 9.59 Å². The van der Waals surface area contributed by atoms with Crippen LogP contribution in [0.5, 0.6) is 0 Å². The number of carbonyl (C=O) groups excluding carboxylic acids is 2. The summed E-state index contributed by atoms with van der Waals surface area (Å²) >= 11 is 0. The molecule has 0 aromatic rings. The minimum atomic E-state index is -0.445. The van der Waals surface area contributed by atoms with Crippen LogP contribution in [0.25, 0.3) is 0 Å². The number of hydrogen-bond acceptors (Lipinski definition) is 4. The fourth-order valence-corrected chi connectivity index (χ4v) is 1.50. The van der Waals surface area contributed by atoms with Crippen molar-refractivity contribution in [2.45, 2.75) is 33.7 Å². The molecule has 1 atom stereocenters. The quantitative estimate of drug-likeness (QED) is 0.579. The molecule has 0 aliphatic rings. The summed E-state index contributed by atoms with van der Waals surface area (Å²) in [5.41, 5.74) is 0. The molecule has 0 bridgehead atoms. The monoisotopic (exact) mass is 258 g/mol. The maximum atomic E-state index is 11.6. The average Bonchev–Trinajstić information content (AvgIpc) is 2.34. The normalized spacial score (nSPS) is 12.3. The van der Waals surface area contributed by atoms with Crippen LogP contribution in [-0.2, 0) is 4.79 Å². The molecule has 106 valence electrons. The maximum absolute atomic E-state index is 11.6. The molecule has 0 saturated carbocycles. The number of nitrogens with one attached hydrogen (secondary N) is 3. The summed E-state index contributed by atoms with van der Waals surface area (Å²) in [5.74, 6) is -0.305. The second kappa shape index (κ2) is 9.85. The first-order valence-corrected chi connectivity index (χ1v) is 6.59. The number of hydrogen-bond donors (Lipinski definition) is 3. The molecule has 6 heteroatoms. The number of imide groups is 1. The van der Waals surface area contributed by atoms with Gasteiger partial charge < -0.3 is 15.5 Å². The number of rotatable bonds is 8. The molecule has 0 radical (unpaired) electrons. The lowest BCUT2D eigenvalue weighted by atomic mass is 10.3. The van der Waals surface area contributed by atoms with Crippen LogP contribution >= 0.6 is 0 Å². The highest BCUT2D eigenvalue weighted by Gasteiger charge is 2.14. The highest BCUT2D eigenvalue weighted by molar-refractivity contribution is 5.96. The van der Waals surface area contributed by atoms with E-state index in [1.807, 2.05) is 0 Å². The second-order valence-corrected chi connectivity index (χ2v) is 4.05. The molecule has 0 aromatic heterocycles. The molecular formula is C12H26N4O2. The van der Waals surface area contributed by atoms with E-state index in [1.54, 1.807) is 13.8 Å². The van der Waals surface area contributed by atoms with E-state index in [4.69, 9.17) is 0 Å². The maximum Gasteiger partial charge on any atom is 0.321 e. The smallest absolute Gasteiger partial charge is 0.321 e.